The van der Waals surface area contributed by atoms with E-state index in [9.17, 15) is 4.79 Å². The number of methoxy groups -OCH3 is 1. The molecule has 0 radical (unpaired) electrons. The lowest BCUT2D eigenvalue weighted by Crippen LogP contribution is -2.30. The summed E-state index contributed by atoms with van der Waals surface area (Å²) in [4.78, 5) is 17.2. The first-order valence-corrected chi connectivity index (χ1v) is 9.50. The van der Waals surface area contributed by atoms with E-state index in [2.05, 4.69) is 27.6 Å². The Labute approximate surface area is 163 Å². The molecule has 1 atom stereocenters. The van der Waals surface area contributed by atoms with Gasteiger partial charge >= 0.3 is 0 Å². The van der Waals surface area contributed by atoms with Crippen molar-refractivity contribution < 1.29 is 14.1 Å². The highest BCUT2D eigenvalue weighted by Crippen LogP contribution is 2.33. The summed E-state index contributed by atoms with van der Waals surface area (Å²) in [5.74, 6) is 1.48. The summed E-state index contributed by atoms with van der Waals surface area (Å²) in [6.45, 7) is 2.32. The number of aryl methyl sites for hydroxylation is 2. The Morgan fingerprint density at radius 1 is 1.32 bits per heavy atom. The summed E-state index contributed by atoms with van der Waals surface area (Å²) in [6, 6.07) is 11.7. The van der Waals surface area contributed by atoms with Crippen LogP contribution in [0.5, 0.6) is 5.75 Å². The van der Waals surface area contributed by atoms with Gasteiger partial charge in [0.05, 0.1) is 12.8 Å². The van der Waals surface area contributed by atoms with Crippen molar-refractivity contribution in [3.05, 3.63) is 65.0 Å². The molecule has 6 heteroatoms. The number of carbonyl (C=O) groups excluding carboxylic acids is 1. The molecule has 4 rings (SSSR count). The topological polar surface area (TPSA) is 77.2 Å². The summed E-state index contributed by atoms with van der Waals surface area (Å²) in [6.07, 6.45) is 4.88. The number of ether oxygens (including phenoxy) is 1. The van der Waals surface area contributed by atoms with Gasteiger partial charge < -0.3 is 14.6 Å². The van der Waals surface area contributed by atoms with Gasteiger partial charge in [0.25, 0.3) is 5.91 Å². The first-order valence-electron chi connectivity index (χ1n) is 9.50. The van der Waals surface area contributed by atoms with Crippen LogP contribution in [0, 0.1) is 6.92 Å². The lowest BCUT2D eigenvalue weighted by Gasteiger charge is -2.26. The van der Waals surface area contributed by atoms with Gasteiger partial charge in [-0.25, -0.2) is 0 Å². The standard InChI is InChI=1S/C22H23N3O3/c1-14-20(21(25-28-14)19-8-3-4-11-23-19)22(26)24-13-16-7-5-6-15-12-17(27-2)9-10-18(15)16/h3-4,8-12,16H,5-7,13H2,1-2H3,(H,24,26). The summed E-state index contributed by atoms with van der Waals surface area (Å²) in [7, 11) is 1.68. The predicted molar refractivity (Wildman–Crippen MR) is 105 cm³/mol. The molecule has 1 amide bonds. The van der Waals surface area contributed by atoms with Gasteiger partial charge in [-0.1, -0.05) is 17.3 Å². The molecule has 0 aliphatic heterocycles. The molecule has 0 spiro atoms. The third-order valence-corrected chi connectivity index (χ3v) is 5.29. The zero-order valence-corrected chi connectivity index (χ0v) is 16.1. The largest absolute Gasteiger partial charge is 0.497 e. The van der Waals surface area contributed by atoms with E-state index in [4.69, 9.17) is 9.26 Å². The number of nitrogens with one attached hydrogen (secondary N) is 1. The summed E-state index contributed by atoms with van der Waals surface area (Å²) < 4.78 is 10.6. The Kier molecular flexibility index (Phi) is 5.10. The van der Waals surface area contributed by atoms with E-state index in [1.807, 2.05) is 24.3 Å². The van der Waals surface area contributed by atoms with Gasteiger partial charge in [0.2, 0.25) is 0 Å². The molecule has 2 heterocycles. The van der Waals surface area contributed by atoms with Gasteiger partial charge in [-0.3, -0.25) is 9.78 Å². The van der Waals surface area contributed by atoms with Crippen molar-refractivity contribution in [2.75, 3.05) is 13.7 Å². The Morgan fingerprint density at radius 2 is 2.21 bits per heavy atom. The third-order valence-electron chi connectivity index (χ3n) is 5.29. The molecular weight excluding hydrogens is 354 g/mol. The van der Waals surface area contributed by atoms with E-state index < -0.39 is 0 Å². The molecule has 0 fully saturated rings. The van der Waals surface area contributed by atoms with E-state index in [0.29, 0.717) is 29.3 Å². The average Bonchev–Trinajstić information content (AvgIpc) is 3.13. The Balaban J connectivity index is 1.52. The quantitative estimate of drug-likeness (QED) is 0.730. The molecule has 2 aromatic heterocycles. The fourth-order valence-electron chi connectivity index (χ4n) is 3.85. The summed E-state index contributed by atoms with van der Waals surface area (Å²) in [5, 5.41) is 7.12. The van der Waals surface area contributed by atoms with Crippen molar-refractivity contribution in [2.45, 2.75) is 32.1 Å². The van der Waals surface area contributed by atoms with Gasteiger partial charge in [0, 0.05) is 18.7 Å². The molecule has 3 aromatic rings. The maximum Gasteiger partial charge on any atom is 0.257 e. The number of nitrogens with zero attached hydrogens (tertiary/aromatic N) is 2. The fourth-order valence-corrected chi connectivity index (χ4v) is 3.85. The fraction of sp³-hybridized carbons (Fsp3) is 0.318. The van der Waals surface area contributed by atoms with Gasteiger partial charge in [0.1, 0.15) is 22.8 Å². The first kappa shape index (κ1) is 18.2. The molecule has 1 N–H and O–H groups in total. The van der Waals surface area contributed by atoms with E-state index in [1.54, 1.807) is 20.2 Å². The number of fused-ring (bicyclic) bond motifs is 1. The highest BCUT2D eigenvalue weighted by atomic mass is 16.5. The Bertz CT molecular complexity index is 982. The molecule has 1 aromatic carbocycles. The monoisotopic (exact) mass is 377 g/mol. The summed E-state index contributed by atoms with van der Waals surface area (Å²) >= 11 is 0. The van der Waals surface area contributed by atoms with Crippen LogP contribution in [0.25, 0.3) is 11.4 Å². The van der Waals surface area contributed by atoms with Crippen LogP contribution in [0.1, 0.15) is 46.0 Å². The molecule has 1 aliphatic rings. The number of rotatable bonds is 5. The number of pyridine rings is 1. The first-order chi connectivity index (χ1) is 13.7. The molecule has 1 unspecified atom stereocenters. The normalized spacial score (nSPS) is 15.7. The lowest BCUT2D eigenvalue weighted by molar-refractivity contribution is 0.0949. The molecule has 0 saturated heterocycles. The van der Waals surface area contributed by atoms with Crippen LogP contribution in [-0.2, 0) is 6.42 Å². The Morgan fingerprint density at radius 3 is 3.00 bits per heavy atom. The minimum atomic E-state index is -0.181. The van der Waals surface area contributed by atoms with E-state index >= 15 is 0 Å². The van der Waals surface area contributed by atoms with E-state index in [0.717, 1.165) is 25.0 Å². The second-order valence-corrected chi connectivity index (χ2v) is 7.04. The predicted octanol–water partition coefficient (Wildman–Crippen LogP) is 3.90. The van der Waals surface area contributed by atoms with Crippen LogP contribution in [0.3, 0.4) is 0 Å². The molecule has 0 saturated carbocycles. The minimum Gasteiger partial charge on any atom is -0.497 e. The van der Waals surface area contributed by atoms with Crippen molar-refractivity contribution in [2.24, 2.45) is 0 Å². The minimum absolute atomic E-state index is 0.181. The molecule has 1 aliphatic carbocycles. The number of carbonyl (C=O) groups is 1. The highest BCUT2D eigenvalue weighted by Gasteiger charge is 2.25. The SMILES string of the molecule is COc1ccc2c(c1)CCCC2CNC(=O)c1c(-c2ccccn2)noc1C. The molecule has 144 valence electrons. The lowest BCUT2D eigenvalue weighted by atomic mass is 9.82. The smallest absolute Gasteiger partial charge is 0.257 e. The maximum atomic E-state index is 12.9. The van der Waals surface area contributed by atoms with Gasteiger partial charge in [-0.15, -0.1) is 0 Å². The second-order valence-electron chi connectivity index (χ2n) is 7.04. The van der Waals surface area contributed by atoms with Crippen LogP contribution in [0.2, 0.25) is 0 Å². The van der Waals surface area contributed by atoms with Crippen molar-refractivity contribution in [1.29, 1.82) is 0 Å². The second kappa shape index (κ2) is 7.84. The van der Waals surface area contributed by atoms with Crippen molar-refractivity contribution in [3.8, 4) is 17.1 Å². The number of aromatic nitrogens is 2. The third kappa shape index (κ3) is 3.50. The van der Waals surface area contributed by atoms with Crippen LogP contribution < -0.4 is 10.1 Å². The molecular formula is C22H23N3O3. The van der Waals surface area contributed by atoms with Gasteiger partial charge in [-0.2, -0.15) is 0 Å². The van der Waals surface area contributed by atoms with Gasteiger partial charge in [0.15, 0.2) is 0 Å². The number of hydrogen-bond acceptors (Lipinski definition) is 5. The van der Waals surface area contributed by atoms with Gasteiger partial charge in [-0.05, 0) is 61.6 Å². The zero-order valence-electron chi connectivity index (χ0n) is 16.1. The van der Waals surface area contributed by atoms with Crippen LogP contribution in [0.4, 0.5) is 0 Å². The van der Waals surface area contributed by atoms with E-state index in [1.165, 1.54) is 11.1 Å². The molecule has 6 nitrogen and oxygen atoms in total. The molecule has 0 bridgehead atoms. The average molecular weight is 377 g/mol. The van der Waals surface area contributed by atoms with Crippen LogP contribution in [0.15, 0.2) is 47.1 Å². The maximum absolute atomic E-state index is 12.9. The highest BCUT2D eigenvalue weighted by molar-refractivity contribution is 6.00. The number of benzene rings is 1. The number of hydrogen-bond donors (Lipinski definition) is 1. The van der Waals surface area contributed by atoms with Crippen molar-refractivity contribution in [3.63, 3.8) is 0 Å². The molecule has 28 heavy (non-hydrogen) atoms. The van der Waals surface area contributed by atoms with E-state index in [-0.39, 0.29) is 11.8 Å². The van der Waals surface area contributed by atoms with Crippen molar-refractivity contribution >= 4 is 5.91 Å². The number of amides is 1. The summed E-state index contributed by atoms with van der Waals surface area (Å²) in [5.41, 5.74) is 4.15. The van der Waals surface area contributed by atoms with Crippen molar-refractivity contribution in [1.82, 2.24) is 15.5 Å². The van der Waals surface area contributed by atoms with Crippen LogP contribution in [-0.4, -0.2) is 29.7 Å². The Hall–Kier alpha value is -3.15. The van der Waals surface area contributed by atoms with Crippen LogP contribution >= 0.6 is 0 Å². The zero-order chi connectivity index (χ0) is 19.5.